The largest absolute Gasteiger partial charge is 0.464 e. The number of aromatic amines is 1. The van der Waals surface area contributed by atoms with Gasteiger partial charge >= 0.3 is 5.97 Å². The minimum absolute atomic E-state index is 0.115. The summed E-state index contributed by atoms with van der Waals surface area (Å²) in [5.41, 5.74) is 0.789. The van der Waals surface area contributed by atoms with Crippen molar-refractivity contribution < 1.29 is 14.3 Å². The van der Waals surface area contributed by atoms with Gasteiger partial charge in [-0.25, -0.2) is 9.78 Å². The van der Waals surface area contributed by atoms with E-state index in [2.05, 4.69) is 22.2 Å². The third-order valence-corrected chi connectivity index (χ3v) is 2.89. The number of amides is 1. The summed E-state index contributed by atoms with van der Waals surface area (Å²) in [4.78, 5) is 30.5. The minimum atomic E-state index is -0.662. The van der Waals surface area contributed by atoms with Crippen molar-refractivity contribution in [3.05, 3.63) is 18.2 Å². The summed E-state index contributed by atoms with van der Waals surface area (Å²) in [6, 6.07) is -0.662. The normalized spacial score (nSPS) is 11.9. The first kappa shape index (κ1) is 16.2. The number of unbranched alkanes of at least 4 members (excludes halogenated alkanes) is 2. The van der Waals surface area contributed by atoms with E-state index >= 15 is 0 Å². The highest BCUT2D eigenvalue weighted by Gasteiger charge is 2.22. The number of carbonyl (C=O) groups is 2. The molecule has 0 radical (unpaired) electrons. The summed E-state index contributed by atoms with van der Waals surface area (Å²) < 4.78 is 4.99. The Morgan fingerprint density at radius 1 is 1.40 bits per heavy atom. The quantitative estimate of drug-likeness (QED) is 0.531. The molecule has 0 unspecified atom stereocenters. The molecule has 6 nitrogen and oxygen atoms in total. The van der Waals surface area contributed by atoms with Crippen molar-refractivity contribution in [2.24, 2.45) is 0 Å². The fourth-order valence-electron chi connectivity index (χ4n) is 1.85. The molecule has 0 aromatic carbocycles. The first-order valence-corrected chi connectivity index (χ1v) is 7.10. The van der Waals surface area contributed by atoms with Gasteiger partial charge in [-0.3, -0.25) is 4.79 Å². The minimum Gasteiger partial charge on any atom is -0.464 e. The van der Waals surface area contributed by atoms with E-state index in [1.165, 1.54) is 0 Å². The van der Waals surface area contributed by atoms with E-state index < -0.39 is 12.0 Å². The fraction of sp³-hybridized carbons (Fsp3) is 0.643. The number of H-pyrrole nitrogens is 1. The van der Waals surface area contributed by atoms with Crippen LogP contribution in [0.4, 0.5) is 0 Å². The first-order valence-electron chi connectivity index (χ1n) is 7.10. The molecule has 0 spiro atoms. The van der Waals surface area contributed by atoms with Gasteiger partial charge in [0.25, 0.3) is 0 Å². The summed E-state index contributed by atoms with van der Waals surface area (Å²) in [5.74, 6) is -0.526. The van der Waals surface area contributed by atoms with Gasteiger partial charge in [0.2, 0.25) is 5.91 Å². The Balaban J connectivity index is 2.53. The maximum Gasteiger partial charge on any atom is 0.329 e. The Hall–Kier alpha value is -1.85. The monoisotopic (exact) mass is 281 g/mol. The van der Waals surface area contributed by atoms with Crippen molar-refractivity contribution in [2.75, 3.05) is 6.61 Å². The lowest BCUT2D eigenvalue weighted by Gasteiger charge is -2.16. The van der Waals surface area contributed by atoms with Crippen molar-refractivity contribution in [1.29, 1.82) is 0 Å². The molecule has 0 aliphatic heterocycles. The lowest BCUT2D eigenvalue weighted by molar-refractivity contribution is -0.147. The first-order chi connectivity index (χ1) is 9.67. The molecule has 1 atom stereocenters. The zero-order valence-corrected chi connectivity index (χ0v) is 12.1. The zero-order chi connectivity index (χ0) is 14.8. The lowest BCUT2D eigenvalue weighted by Crippen LogP contribution is -2.43. The van der Waals surface area contributed by atoms with Crippen LogP contribution in [0.1, 0.15) is 45.2 Å². The molecule has 0 bridgehead atoms. The SMILES string of the molecule is CCCCCC(=O)N[C@@H](Cc1cnc[nH]1)C(=O)OCC. The number of aromatic nitrogens is 2. The van der Waals surface area contributed by atoms with Crippen molar-refractivity contribution >= 4 is 11.9 Å². The van der Waals surface area contributed by atoms with Crippen LogP contribution in [0.3, 0.4) is 0 Å². The topological polar surface area (TPSA) is 84.1 Å². The van der Waals surface area contributed by atoms with E-state index in [-0.39, 0.29) is 5.91 Å². The van der Waals surface area contributed by atoms with E-state index in [1.54, 1.807) is 19.4 Å². The molecule has 2 N–H and O–H groups in total. The second kappa shape index (κ2) is 9.12. The van der Waals surface area contributed by atoms with Gasteiger partial charge in [-0.05, 0) is 13.3 Å². The van der Waals surface area contributed by atoms with Gasteiger partial charge in [0.05, 0.1) is 12.9 Å². The maximum atomic E-state index is 11.9. The standard InChI is InChI=1S/C14H23N3O3/c1-3-5-6-7-13(18)17-12(14(19)20-4-2)8-11-9-15-10-16-11/h9-10,12H,3-8H2,1-2H3,(H,15,16)(H,17,18)/t12-/m0/s1. The molecule has 0 saturated carbocycles. The highest BCUT2D eigenvalue weighted by molar-refractivity contribution is 5.84. The molecule has 20 heavy (non-hydrogen) atoms. The molecule has 0 aliphatic carbocycles. The maximum absolute atomic E-state index is 11.9. The second-order valence-corrected chi connectivity index (χ2v) is 4.61. The van der Waals surface area contributed by atoms with Crippen LogP contribution < -0.4 is 5.32 Å². The van der Waals surface area contributed by atoms with Crippen LogP contribution in [-0.2, 0) is 20.7 Å². The van der Waals surface area contributed by atoms with Crippen molar-refractivity contribution in [3.8, 4) is 0 Å². The average molecular weight is 281 g/mol. The second-order valence-electron chi connectivity index (χ2n) is 4.61. The third kappa shape index (κ3) is 5.86. The third-order valence-electron chi connectivity index (χ3n) is 2.89. The zero-order valence-electron chi connectivity index (χ0n) is 12.1. The number of imidazole rings is 1. The molecule has 1 amide bonds. The number of carbonyl (C=O) groups excluding carboxylic acids is 2. The van der Waals surface area contributed by atoms with Gasteiger partial charge in [-0.1, -0.05) is 19.8 Å². The number of esters is 1. The number of hydrogen-bond acceptors (Lipinski definition) is 4. The van der Waals surface area contributed by atoms with Crippen molar-refractivity contribution in [2.45, 2.75) is 52.0 Å². The number of nitrogens with zero attached hydrogens (tertiary/aromatic N) is 1. The Labute approximate surface area is 119 Å². The van der Waals surface area contributed by atoms with Crippen LogP contribution >= 0.6 is 0 Å². The van der Waals surface area contributed by atoms with Gasteiger partial charge in [0, 0.05) is 24.7 Å². The van der Waals surface area contributed by atoms with E-state index in [9.17, 15) is 9.59 Å². The molecular weight excluding hydrogens is 258 g/mol. The lowest BCUT2D eigenvalue weighted by atomic mass is 10.1. The smallest absolute Gasteiger partial charge is 0.329 e. The summed E-state index contributed by atoms with van der Waals surface area (Å²) >= 11 is 0. The molecule has 6 heteroatoms. The number of ether oxygens (including phenoxy) is 1. The Morgan fingerprint density at radius 2 is 2.20 bits per heavy atom. The van der Waals surface area contributed by atoms with Crippen LogP contribution in [0, 0.1) is 0 Å². The Morgan fingerprint density at radius 3 is 2.80 bits per heavy atom. The van der Waals surface area contributed by atoms with Crippen LogP contribution in [0.15, 0.2) is 12.5 Å². The average Bonchev–Trinajstić information content (AvgIpc) is 2.91. The Bertz CT molecular complexity index is 404. The summed E-state index contributed by atoms with van der Waals surface area (Å²) in [6.07, 6.45) is 6.88. The van der Waals surface area contributed by atoms with Gasteiger partial charge in [-0.15, -0.1) is 0 Å². The summed E-state index contributed by atoms with van der Waals surface area (Å²) in [7, 11) is 0. The highest BCUT2D eigenvalue weighted by Crippen LogP contribution is 2.03. The summed E-state index contributed by atoms with van der Waals surface area (Å²) in [6.45, 7) is 4.12. The number of rotatable bonds is 9. The van der Waals surface area contributed by atoms with Gasteiger partial charge in [0.15, 0.2) is 0 Å². The fourth-order valence-corrected chi connectivity index (χ4v) is 1.85. The molecule has 0 fully saturated rings. The van der Waals surface area contributed by atoms with Crippen LogP contribution in [0.25, 0.3) is 0 Å². The molecule has 1 aromatic heterocycles. The van der Waals surface area contributed by atoms with Gasteiger partial charge in [0.1, 0.15) is 6.04 Å². The number of hydrogen-bond donors (Lipinski definition) is 2. The Kier molecular flexibility index (Phi) is 7.39. The molecule has 0 saturated heterocycles. The van der Waals surface area contributed by atoms with Gasteiger partial charge < -0.3 is 15.0 Å². The predicted octanol–water partition coefficient (Wildman–Crippen LogP) is 1.58. The van der Waals surface area contributed by atoms with Crippen molar-refractivity contribution in [1.82, 2.24) is 15.3 Å². The van der Waals surface area contributed by atoms with E-state index in [0.29, 0.717) is 19.4 Å². The molecule has 1 heterocycles. The van der Waals surface area contributed by atoms with Crippen LogP contribution in [0.2, 0.25) is 0 Å². The van der Waals surface area contributed by atoms with Crippen LogP contribution in [0.5, 0.6) is 0 Å². The highest BCUT2D eigenvalue weighted by atomic mass is 16.5. The van der Waals surface area contributed by atoms with E-state index in [4.69, 9.17) is 4.74 Å². The predicted molar refractivity (Wildman–Crippen MR) is 75.0 cm³/mol. The van der Waals surface area contributed by atoms with E-state index in [0.717, 1.165) is 25.0 Å². The molecule has 1 aromatic rings. The molecule has 0 aliphatic rings. The van der Waals surface area contributed by atoms with Crippen LogP contribution in [-0.4, -0.2) is 34.5 Å². The number of nitrogens with one attached hydrogen (secondary N) is 2. The molecular formula is C14H23N3O3. The summed E-state index contributed by atoms with van der Waals surface area (Å²) in [5, 5.41) is 2.74. The van der Waals surface area contributed by atoms with Crippen molar-refractivity contribution in [3.63, 3.8) is 0 Å². The van der Waals surface area contributed by atoms with E-state index in [1.807, 2.05) is 0 Å². The molecule has 1 rings (SSSR count). The molecule has 112 valence electrons. The van der Waals surface area contributed by atoms with Gasteiger partial charge in [-0.2, -0.15) is 0 Å².